The number of aryl methyl sites for hydroxylation is 2. The Morgan fingerprint density at radius 1 is 1.38 bits per heavy atom. The second-order valence-electron chi connectivity index (χ2n) is 5.16. The lowest BCUT2D eigenvalue weighted by atomic mass is 10.1. The summed E-state index contributed by atoms with van der Waals surface area (Å²) in [6, 6.07) is 8.37. The van der Waals surface area contributed by atoms with Crippen LogP contribution in [0.5, 0.6) is 5.75 Å². The van der Waals surface area contributed by atoms with Gasteiger partial charge in [-0.05, 0) is 19.4 Å². The number of para-hydroxylation sites is 1. The molecule has 1 aliphatic rings. The Balaban J connectivity index is 1.76. The number of hydrogen-bond donors (Lipinski definition) is 1. The molecule has 0 saturated carbocycles. The Kier molecular flexibility index (Phi) is 4.17. The topological polar surface area (TPSA) is 39.1 Å². The van der Waals surface area contributed by atoms with Gasteiger partial charge in [0.2, 0.25) is 0 Å². The molecule has 1 aromatic carbocycles. The Hall–Kier alpha value is -1.52. The van der Waals surface area contributed by atoms with Crippen molar-refractivity contribution in [2.24, 2.45) is 0 Å². The van der Waals surface area contributed by atoms with Gasteiger partial charge in [0.05, 0.1) is 22.5 Å². The predicted octanol–water partition coefficient (Wildman–Crippen LogP) is 3.34. The summed E-state index contributed by atoms with van der Waals surface area (Å²) in [7, 11) is 0. The molecule has 0 bridgehead atoms. The van der Waals surface area contributed by atoms with Crippen molar-refractivity contribution in [3.8, 4) is 5.75 Å². The van der Waals surface area contributed by atoms with Crippen LogP contribution in [0.2, 0.25) is 5.02 Å². The quantitative estimate of drug-likeness (QED) is 0.921. The van der Waals surface area contributed by atoms with Gasteiger partial charge in [0.15, 0.2) is 0 Å². The number of ether oxygens (including phenoxy) is 1. The van der Waals surface area contributed by atoms with E-state index in [0.717, 1.165) is 35.1 Å². The maximum absolute atomic E-state index is 6.44. The lowest BCUT2D eigenvalue weighted by molar-refractivity contribution is 0.309. The van der Waals surface area contributed by atoms with E-state index in [1.165, 1.54) is 5.56 Å². The summed E-state index contributed by atoms with van der Waals surface area (Å²) in [5, 5.41) is 8.88. The van der Waals surface area contributed by atoms with Gasteiger partial charge < -0.3 is 10.1 Å². The number of fused-ring (bicyclic) bond motifs is 1. The molecule has 1 aliphatic heterocycles. The van der Waals surface area contributed by atoms with Crippen LogP contribution in [0, 0.1) is 0 Å². The van der Waals surface area contributed by atoms with Crippen molar-refractivity contribution in [2.75, 3.05) is 6.61 Å². The second kappa shape index (κ2) is 6.08. The molecule has 2 heterocycles. The fraction of sp³-hybridized carbons (Fsp3) is 0.438. The highest BCUT2D eigenvalue weighted by molar-refractivity contribution is 6.31. The van der Waals surface area contributed by atoms with Crippen LogP contribution in [0.15, 0.2) is 24.3 Å². The molecule has 1 N–H and O–H groups in total. The maximum atomic E-state index is 6.44. The number of benzene rings is 1. The van der Waals surface area contributed by atoms with Gasteiger partial charge in [-0.2, -0.15) is 5.10 Å². The highest BCUT2D eigenvalue weighted by Crippen LogP contribution is 2.32. The highest BCUT2D eigenvalue weighted by atomic mass is 35.5. The van der Waals surface area contributed by atoms with Crippen LogP contribution in [0.3, 0.4) is 0 Å². The standard InChI is InChI=1S/C16H20ClN3O/c1-3-12-16(17)14(20(4-2)19-12)9-18-13-10-21-15-8-6-5-7-11(13)15/h5-8,13,18H,3-4,9-10H2,1-2H3. The third-order valence-corrected chi connectivity index (χ3v) is 4.35. The Bertz CT molecular complexity index is 638. The third-order valence-electron chi connectivity index (χ3n) is 3.91. The van der Waals surface area contributed by atoms with Gasteiger partial charge in [0, 0.05) is 18.7 Å². The van der Waals surface area contributed by atoms with E-state index in [1.807, 2.05) is 22.9 Å². The SMILES string of the molecule is CCc1nn(CC)c(CNC2COc3ccccc32)c1Cl. The van der Waals surface area contributed by atoms with E-state index in [1.54, 1.807) is 0 Å². The molecule has 112 valence electrons. The van der Waals surface area contributed by atoms with Crippen LogP contribution in [-0.4, -0.2) is 16.4 Å². The number of hydrogen-bond acceptors (Lipinski definition) is 3. The molecule has 4 nitrogen and oxygen atoms in total. The van der Waals surface area contributed by atoms with Crippen LogP contribution in [0.25, 0.3) is 0 Å². The number of aromatic nitrogens is 2. The molecule has 2 aromatic rings. The first-order valence-corrected chi connectivity index (χ1v) is 7.81. The minimum atomic E-state index is 0.211. The van der Waals surface area contributed by atoms with E-state index in [0.29, 0.717) is 13.2 Å². The molecule has 0 amide bonds. The summed E-state index contributed by atoms with van der Waals surface area (Å²) < 4.78 is 7.68. The Labute approximate surface area is 130 Å². The van der Waals surface area contributed by atoms with Crippen LogP contribution >= 0.6 is 11.6 Å². The number of rotatable bonds is 5. The summed E-state index contributed by atoms with van der Waals surface area (Å²) >= 11 is 6.44. The van der Waals surface area contributed by atoms with Crippen molar-refractivity contribution in [2.45, 2.75) is 39.4 Å². The van der Waals surface area contributed by atoms with Crippen molar-refractivity contribution in [3.63, 3.8) is 0 Å². The number of nitrogens with zero attached hydrogens (tertiary/aromatic N) is 2. The largest absolute Gasteiger partial charge is 0.491 e. The molecule has 0 saturated heterocycles. The van der Waals surface area contributed by atoms with Gasteiger partial charge >= 0.3 is 0 Å². The smallest absolute Gasteiger partial charge is 0.124 e. The molecule has 1 atom stereocenters. The third kappa shape index (κ3) is 2.65. The Morgan fingerprint density at radius 2 is 2.19 bits per heavy atom. The van der Waals surface area contributed by atoms with Gasteiger partial charge in [-0.25, -0.2) is 0 Å². The molecule has 0 fully saturated rings. The fourth-order valence-electron chi connectivity index (χ4n) is 2.74. The molecule has 1 unspecified atom stereocenters. The first-order valence-electron chi connectivity index (χ1n) is 7.43. The first-order chi connectivity index (χ1) is 10.2. The normalized spacial score (nSPS) is 16.8. The molecule has 21 heavy (non-hydrogen) atoms. The minimum Gasteiger partial charge on any atom is -0.491 e. The number of halogens is 1. The zero-order chi connectivity index (χ0) is 14.8. The Morgan fingerprint density at radius 3 is 2.95 bits per heavy atom. The molecule has 0 aliphatic carbocycles. The van der Waals surface area contributed by atoms with Crippen LogP contribution < -0.4 is 10.1 Å². The molecule has 3 rings (SSSR count). The van der Waals surface area contributed by atoms with Crippen molar-refractivity contribution in [1.29, 1.82) is 0 Å². The van der Waals surface area contributed by atoms with Crippen molar-refractivity contribution < 1.29 is 4.74 Å². The molecule has 0 spiro atoms. The van der Waals surface area contributed by atoms with Crippen LogP contribution in [0.4, 0.5) is 0 Å². The average Bonchev–Trinajstić information content (AvgIpc) is 3.06. The molecule has 1 aromatic heterocycles. The molecule has 5 heteroatoms. The van der Waals surface area contributed by atoms with Gasteiger partial charge in [-0.1, -0.05) is 36.7 Å². The lowest BCUT2D eigenvalue weighted by Gasteiger charge is -2.12. The van der Waals surface area contributed by atoms with E-state index < -0.39 is 0 Å². The van der Waals surface area contributed by atoms with Crippen LogP contribution in [0.1, 0.15) is 36.8 Å². The summed E-state index contributed by atoms with van der Waals surface area (Å²) in [5.74, 6) is 0.972. The molecular formula is C16H20ClN3O. The number of nitrogens with one attached hydrogen (secondary N) is 1. The lowest BCUT2D eigenvalue weighted by Crippen LogP contribution is -2.23. The van der Waals surface area contributed by atoms with E-state index in [-0.39, 0.29) is 6.04 Å². The minimum absolute atomic E-state index is 0.211. The first kappa shape index (κ1) is 14.4. The molecule has 0 radical (unpaired) electrons. The van der Waals surface area contributed by atoms with Gasteiger partial charge in [0.1, 0.15) is 12.4 Å². The molecular weight excluding hydrogens is 286 g/mol. The monoisotopic (exact) mass is 305 g/mol. The van der Waals surface area contributed by atoms with Gasteiger partial charge in [-0.15, -0.1) is 0 Å². The van der Waals surface area contributed by atoms with Crippen molar-refractivity contribution >= 4 is 11.6 Å². The van der Waals surface area contributed by atoms with Crippen molar-refractivity contribution in [1.82, 2.24) is 15.1 Å². The maximum Gasteiger partial charge on any atom is 0.124 e. The van der Waals surface area contributed by atoms with E-state index in [2.05, 4.69) is 30.3 Å². The summed E-state index contributed by atoms with van der Waals surface area (Å²) in [6.07, 6.45) is 0.855. The van der Waals surface area contributed by atoms with Crippen LogP contribution in [-0.2, 0) is 19.5 Å². The summed E-state index contributed by atoms with van der Waals surface area (Å²) in [5.41, 5.74) is 3.24. The van der Waals surface area contributed by atoms with E-state index in [9.17, 15) is 0 Å². The zero-order valence-corrected chi connectivity index (χ0v) is 13.2. The van der Waals surface area contributed by atoms with Gasteiger partial charge in [-0.3, -0.25) is 4.68 Å². The van der Waals surface area contributed by atoms with E-state index >= 15 is 0 Å². The zero-order valence-electron chi connectivity index (χ0n) is 12.4. The van der Waals surface area contributed by atoms with Crippen molar-refractivity contribution in [3.05, 3.63) is 46.2 Å². The fourth-order valence-corrected chi connectivity index (χ4v) is 3.07. The second-order valence-corrected chi connectivity index (χ2v) is 5.54. The summed E-state index contributed by atoms with van der Waals surface area (Å²) in [6.45, 7) is 6.35. The van der Waals surface area contributed by atoms with Gasteiger partial charge in [0.25, 0.3) is 0 Å². The van der Waals surface area contributed by atoms with E-state index in [4.69, 9.17) is 16.3 Å². The summed E-state index contributed by atoms with van der Waals surface area (Å²) in [4.78, 5) is 0. The highest BCUT2D eigenvalue weighted by Gasteiger charge is 2.24. The average molecular weight is 306 g/mol. The predicted molar refractivity (Wildman–Crippen MR) is 83.8 cm³/mol.